The molecule has 0 aliphatic carbocycles. The van der Waals surface area contributed by atoms with Crippen molar-refractivity contribution >= 4 is 49.3 Å². The van der Waals surface area contributed by atoms with Gasteiger partial charge in [-0.3, -0.25) is 9.59 Å². The zero-order valence-corrected chi connectivity index (χ0v) is 17.9. The van der Waals surface area contributed by atoms with Crippen LogP contribution in [0.15, 0.2) is 53.0 Å². The highest BCUT2D eigenvalue weighted by Crippen LogP contribution is 2.25. The van der Waals surface area contributed by atoms with Crippen LogP contribution in [0.3, 0.4) is 0 Å². The number of halogens is 1. The first-order chi connectivity index (χ1) is 13.5. The molecule has 3 aromatic rings. The molecule has 1 aliphatic rings. The first-order valence-corrected chi connectivity index (χ1v) is 10.8. The van der Waals surface area contributed by atoms with Gasteiger partial charge < -0.3 is 9.80 Å². The fraction of sp³-hybridized carbons (Fsp3) is 0.286. The Balaban J connectivity index is 1.47. The summed E-state index contributed by atoms with van der Waals surface area (Å²) in [5, 5.41) is 0.904. The number of thiazole rings is 1. The van der Waals surface area contributed by atoms with Gasteiger partial charge in [-0.05, 0) is 49.2 Å². The summed E-state index contributed by atoms with van der Waals surface area (Å²) >= 11 is 4.99. The number of likely N-dealkylation sites (tertiary alicyclic amines) is 1. The van der Waals surface area contributed by atoms with Crippen molar-refractivity contribution in [3.8, 4) is 0 Å². The van der Waals surface area contributed by atoms with Crippen LogP contribution in [0.1, 0.15) is 28.2 Å². The molecule has 4 rings (SSSR count). The van der Waals surface area contributed by atoms with Crippen LogP contribution >= 0.6 is 27.3 Å². The minimum absolute atomic E-state index is 0.0257. The van der Waals surface area contributed by atoms with Crippen molar-refractivity contribution in [3.63, 3.8) is 0 Å². The van der Waals surface area contributed by atoms with Gasteiger partial charge in [-0.2, -0.15) is 0 Å². The fourth-order valence-electron chi connectivity index (χ4n) is 3.55. The van der Waals surface area contributed by atoms with Crippen LogP contribution < -0.4 is 0 Å². The van der Waals surface area contributed by atoms with E-state index in [4.69, 9.17) is 0 Å². The number of hydrogen-bond donors (Lipinski definition) is 0. The van der Waals surface area contributed by atoms with Crippen molar-refractivity contribution in [2.24, 2.45) is 0 Å². The third-order valence-electron chi connectivity index (χ3n) is 4.98. The lowest BCUT2D eigenvalue weighted by atomic mass is 10.1. The third kappa shape index (κ3) is 3.82. The monoisotopic (exact) mass is 457 g/mol. The van der Waals surface area contributed by atoms with Crippen LogP contribution in [-0.2, 0) is 11.3 Å². The Labute approximate surface area is 176 Å². The van der Waals surface area contributed by atoms with Crippen LogP contribution in [0.2, 0.25) is 0 Å². The van der Waals surface area contributed by atoms with Crippen LogP contribution in [0.5, 0.6) is 0 Å². The van der Waals surface area contributed by atoms with Gasteiger partial charge in [0.1, 0.15) is 11.0 Å². The maximum absolute atomic E-state index is 13.1. The van der Waals surface area contributed by atoms with Gasteiger partial charge in [-0.25, -0.2) is 4.98 Å². The molecule has 0 bridgehead atoms. The summed E-state index contributed by atoms with van der Waals surface area (Å²) in [5.74, 6) is -0.112. The van der Waals surface area contributed by atoms with E-state index in [1.807, 2.05) is 36.4 Å². The van der Waals surface area contributed by atoms with Crippen molar-refractivity contribution in [2.45, 2.75) is 25.4 Å². The Kier molecular flexibility index (Phi) is 5.46. The minimum Gasteiger partial charge on any atom is -0.337 e. The number of carbonyl (C=O) groups excluding carboxylic acids is 2. The molecule has 0 N–H and O–H groups in total. The molecule has 0 spiro atoms. The standard InChI is InChI=1S/C21H20BrN3O2S/c1-24(13-19-23-16-5-2-3-7-18(16)28-19)21(27)17-6-4-12-25(17)20(26)14-8-10-15(22)11-9-14/h2-3,5,7-11,17H,4,6,12-13H2,1H3. The van der Waals surface area contributed by atoms with Crippen LogP contribution in [-0.4, -0.2) is 46.2 Å². The molecule has 144 valence electrons. The molecule has 28 heavy (non-hydrogen) atoms. The van der Waals surface area contributed by atoms with E-state index in [-0.39, 0.29) is 11.8 Å². The second kappa shape index (κ2) is 8.01. The quantitative estimate of drug-likeness (QED) is 0.585. The molecular formula is C21H20BrN3O2S. The molecule has 5 nitrogen and oxygen atoms in total. The molecule has 0 radical (unpaired) electrons. The smallest absolute Gasteiger partial charge is 0.254 e. The number of nitrogens with zero attached hydrogens (tertiary/aromatic N) is 3. The van der Waals surface area contributed by atoms with Crippen molar-refractivity contribution in [1.82, 2.24) is 14.8 Å². The Bertz CT molecular complexity index is 985. The summed E-state index contributed by atoms with van der Waals surface area (Å²) in [4.78, 5) is 34.0. The zero-order valence-electron chi connectivity index (χ0n) is 15.5. The summed E-state index contributed by atoms with van der Waals surface area (Å²) in [7, 11) is 1.79. The lowest BCUT2D eigenvalue weighted by Gasteiger charge is -2.27. The van der Waals surface area contributed by atoms with Crippen molar-refractivity contribution in [3.05, 3.63) is 63.6 Å². The average molecular weight is 458 g/mol. The van der Waals surface area contributed by atoms with Gasteiger partial charge in [-0.15, -0.1) is 11.3 Å². The van der Waals surface area contributed by atoms with E-state index < -0.39 is 6.04 Å². The molecule has 1 unspecified atom stereocenters. The zero-order chi connectivity index (χ0) is 19.7. The van der Waals surface area contributed by atoms with E-state index in [2.05, 4.69) is 20.9 Å². The fourth-order valence-corrected chi connectivity index (χ4v) is 4.83. The Morgan fingerprint density at radius 2 is 1.96 bits per heavy atom. The Morgan fingerprint density at radius 1 is 1.21 bits per heavy atom. The van der Waals surface area contributed by atoms with Crippen molar-refractivity contribution in [2.75, 3.05) is 13.6 Å². The van der Waals surface area contributed by atoms with Crippen LogP contribution in [0.4, 0.5) is 0 Å². The highest BCUT2D eigenvalue weighted by atomic mass is 79.9. The molecule has 1 aliphatic heterocycles. The van der Waals surface area contributed by atoms with E-state index in [1.165, 1.54) is 0 Å². The van der Waals surface area contributed by atoms with E-state index >= 15 is 0 Å². The molecule has 1 saturated heterocycles. The summed E-state index contributed by atoms with van der Waals surface area (Å²) in [6.07, 6.45) is 1.54. The molecule has 2 amide bonds. The maximum Gasteiger partial charge on any atom is 0.254 e. The van der Waals surface area contributed by atoms with Gasteiger partial charge >= 0.3 is 0 Å². The highest BCUT2D eigenvalue weighted by molar-refractivity contribution is 9.10. The number of benzene rings is 2. The van der Waals surface area contributed by atoms with Gasteiger partial charge in [0.05, 0.1) is 16.8 Å². The number of amides is 2. The number of aromatic nitrogens is 1. The van der Waals surface area contributed by atoms with Gasteiger partial charge in [0.2, 0.25) is 5.91 Å². The highest BCUT2D eigenvalue weighted by Gasteiger charge is 2.36. The van der Waals surface area contributed by atoms with Crippen molar-refractivity contribution < 1.29 is 9.59 Å². The average Bonchev–Trinajstić information content (AvgIpc) is 3.33. The van der Waals surface area contributed by atoms with E-state index in [9.17, 15) is 9.59 Å². The van der Waals surface area contributed by atoms with Gasteiger partial charge in [0.25, 0.3) is 5.91 Å². The molecule has 7 heteroatoms. The minimum atomic E-state index is -0.407. The largest absolute Gasteiger partial charge is 0.337 e. The summed E-state index contributed by atoms with van der Waals surface area (Å²) in [5.41, 5.74) is 1.56. The van der Waals surface area contributed by atoms with Crippen molar-refractivity contribution in [1.29, 1.82) is 0 Å². The predicted octanol–water partition coefficient (Wildman–Crippen LogP) is 4.32. The second-order valence-electron chi connectivity index (χ2n) is 6.93. The summed E-state index contributed by atoms with van der Waals surface area (Å²) < 4.78 is 2.04. The van der Waals surface area contributed by atoms with Crippen LogP contribution in [0, 0.1) is 0 Å². The lowest BCUT2D eigenvalue weighted by Crippen LogP contribution is -2.46. The Hall–Kier alpha value is -2.25. The topological polar surface area (TPSA) is 53.5 Å². The number of fused-ring (bicyclic) bond motifs is 1. The van der Waals surface area contributed by atoms with Gasteiger partial charge in [0, 0.05) is 23.6 Å². The SMILES string of the molecule is CN(Cc1nc2ccccc2s1)C(=O)C1CCCN1C(=O)c1ccc(Br)cc1. The molecule has 2 heterocycles. The Morgan fingerprint density at radius 3 is 2.71 bits per heavy atom. The maximum atomic E-state index is 13.1. The van der Waals surface area contributed by atoms with Gasteiger partial charge in [-0.1, -0.05) is 28.1 Å². The first kappa shape index (κ1) is 19.1. The first-order valence-electron chi connectivity index (χ1n) is 9.19. The number of hydrogen-bond acceptors (Lipinski definition) is 4. The van der Waals surface area contributed by atoms with Gasteiger partial charge in [0.15, 0.2) is 0 Å². The molecule has 2 aromatic carbocycles. The van der Waals surface area contributed by atoms with Crippen LogP contribution in [0.25, 0.3) is 10.2 Å². The van der Waals surface area contributed by atoms with E-state index in [0.29, 0.717) is 25.1 Å². The lowest BCUT2D eigenvalue weighted by molar-refractivity contribution is -0.134. The molecular weight excluding hydrogens is 438 g/mol. The number of likely N-dealkylation sites (N-methyl/N-ethyl adjacent to an activating group) is 1. The molecule has 1 aromatic heterocycles. The normalized spacial score (nSPS) is 16.5. The molecule has 1 atom stereocenters. The molecule has 1 fully saturated rings. The third-order valence-corrected chi connectivity index (χ3v) is 6.53. The molecule has 0 saturated carbocycles. The number of rotatable bonds is 4. The summed E-state index contributed by atoms with van der Waals surface area (Å²) in [6, 6.07) is 14.8. The predicted molar refractivity (Wildman–Crippen MR) is 114 cm³/mol. The number of carbonyl (C=O) groups is 2. The summed E-state index contributed by atoms with van der Waals surface area (Å²) in [6.45, 7) is 1.06. The van der Waals surface area contributed by atoms with E-state index in [0.717, 1.165) is 26.1 Å². The number of para-hydroxylation sites is 1. The van der Waals surface area contributed by atoms with E-state index in [1.54, 1.807) is 40.3 Å². The second-order valence-corrected chi connectivity index (χ2v) is 8.96.